The van der Waals surface area contributed by atoms with Crippen LogP contribution in [0.1, 0.15) is 32.0 Å². The lowest BCUT2D eigenvalue weighted by molar-refractivity contribution is 0.0922. The number of rotatable bonds is 7. The zero-order valence-corrected chi connectivity index (χ0v) is 18.9. The lowest BCUT2D eigenvalue weighted by Crippen LogP contribution is -2.23. The Morgan fingerprint density at radius 2 is 1.66 bits per heavy atom. The van der Waals surface area contributed by atoms with Crippen molar-refractivity contribution < 1.29 is 14.0 Å². The van der Waals surface area contributed by atoms with Crippen LogP contribution in [-0.2, 0) is 12.3 Å². The normalized spacial score (nSPS) is 10.8. The third kappa shape index (κ3) is 4.98. The molecule has 0 aliphatic heterocycles. The third-order valence-electron chi connectivity index (χ3n) is 5.00. The molecule has 32 heavy (non-hydrogen) atoms. The molecule has 0 aliphatic rings. The van der Waals surface area contributed by atoms with Crippen LogP contribution in [-0.4, -0.2) is 18.9 Å². The van der Waals surface area contributed by atoms with Gasteiger partial charge in [-0.05, 0) is 48.0 Å². The Morgan fingerprint density at radius 1 is 0.938 bits per heavy atom. The van der Waals surface area contributed by atoms with E-state index in [1.54, 1.807) is 30.9 Å². The van der Waals surface area contributed by atoms with Gasteiger partial charge in [0.1, 0.15) is 5.58 Å². The zero-order chi connectivity index (χ0) is 22.5. The summed E-state index contributed by atoms with van der Waals surface area (Å²) in [5, 5.41) is 7.12. The van der Waals surface area contributed by atoms with Crippen molar-refractivity contribution >= 4 is 46.1 Å². The summed E-state index contributed by atoms with van der Waals surface area (Å²) in [7, 11) is 1.59. The fourth-order valence-electron chi connectivity index (χ4n) is 3.29. The average Bonchev–Trinajstić information content (AvgIpc) is 3.20. The van der Waals surface area contributed by atoms with E-state index in [1.165, 1.54) is 0 Å². The van der Waals surface area contributed by atoms with Crippen LogP contribution in [0.5, 0.6) is 0 Å². The van der Waals surface area contributed by atoms with Crippen molar-refractivity contribution in [3.63, 3.8) is 0 Å². The predicted molar refractivity (Wildman–Crippen MR) is 128 cm³/mol. The van der Waals surface area contributed by atoms with E-state index < -0.39 is 0 Å². The van der Waals surface area contributed by atoms with E-state index >= 15 is 0 Å². The third-order valence-corrected chi connectivity index (χ3v) is 6.29. The Balaban J connectivity index is 1.51. The highest BCUT2D eigenvalue weighted by molar-refractivity contribution is 7.98. The second-order valence-electron chi connectivity index (χ2n) is 7.11. The summed E-state index contributed by atoms with van der Waals surface area (Å²) in [4.78, 5) is 25.7. The van der Waals surface area contributed by atoms with E-state index in [-0.39, 0.29) is 11.8 Å². The summed E-state index contributed by atoms with van der Waals surface area (Å²) < 4.78 is 5.92. The van der Waals surface area contributed by atoms with Crippen LogP contribution in [0.2, 0.25) is 5.02 Å². The molecule has 1 heterocycles. The van der Waals surface area contributed by atoms with Crippen LogP contribution in [0, 0.1) is 0 Å². The molecule has 4 rings (SSSR count). The predicted octanol–water partition coefficient (Wildman–Crippen LogP) is 5.67. The topological polar surface area (TPSA) is 71.3 Å². The van der Waals surface area contributed by atoms with E-state index in [4.69, 9.17) is 16.0 Å². The Hall–Kier alpha value is -3.22. The second kappa shape index (κ2) is 9.94. The van der Waals surface area contributed by atoms with Crippen molar-refractivity contribution in [3.8, 4) is 0 Å². The molecule has 3 aromatic carbocycles. The van der Waals surface area contributed by atoms with Gasteiger partial charge in [-0.3, -0.25) is 9.59 Å². The Bertz CT molecular complexity index is 1250. The van der Waals surface area contributed by atoms with E-state index in [9.17, 15) is 9.59 Å². The Kier molecular flexibility index (Phi) is 6.83. The van der Waals surface area contributed by atoms with Crippen LogP contribution in [0.15, 0.2) is 82.1 Å². The molecule has 4 aromatic rings. The van der Waals surface area contributed by atoms with Gasteiger partial charge in [-0.25, -0.2) is 0 Å². The molecule has 0 saturated heterocycles. The number of thioether (sulfide) groups is 1. The summed E-state index contributed by atoms with van der Waals surface area (Å²) in [6.07, 6.45) is 0. The summed E-state index contributed by atoms with van der Waals surface area (Å²) in [6, 6.07) is 22.4. The molecule has 0 bridgehead atoms. The maximum atomic E-state index is 13.0. The van der Waals surface area contributed by atoms with Crippen molar-refractivity contribution in [2.45, 2.75) is 17.2 Å². The van der Waals surface area contributed by atoms with Crippen LogP contribution < -0.4 is 10.6 Å². The highest BCUT2D eigenvalue weighted by atomic mass is 35.5. The number of halogens is 1. The van der Waals surface area contributed by atoms with E-state index in [1.807, 2.05) is 60.7 Å². The van der Waals surface area contributed by atoms with Crippen molar-refractivity contribution in [3.05, 3.63) is 100 Å². The number of benzene rings is 3. The number of carbonyl (C=O) groups is 2. The molecule has 0 unspecified atom stereocenters. The highest BCUT2D eigenvalue weighted by Gasteiger charge is 2.20. The minimum atomic E-state index is -0.275. The first-order valence-electron chi connectivity index (χ1n) is 10.0. The molecule has 0 radical (unpaired) electrons. The van der Waals surface area contributed by atoms with Gasteiger partial charge in [0.2, 0.25) is 0 Å². The van der Waals surface area contributed by atoms with Crippen molar-refractivity contribution in [1.29, 1.82) is 0 Å². The van der Waals surface area contributed by atoms with Crippen LogP contribution in [0.3, 0.4) is 0 Å². The van der Waals surface area contributed by atoms with Gasteiger partial charge in [0, 0.05) is 45.8 Å². The molecule has 0 fully saturated rings. The summed E-state index contributed by atoms with van der Waals surface area (Å²) in [5.41, 5.74) is 2.99. The van der Waals surface area contributed by atoms with Gasteiger partial charge >= 0.3 is 0 Å². The van der Waals surface area contributed by atoms with Gasteiger partial charge in [0.25, 0.3) is 11.8 Å². The standard InChI is InChI=1S/C25H21ClN2O3S/c1-27-24(29)17-8-6-16(7-9-17)14-28-25(30)23-21(20-4-2-3-5-22(20)31-23)15-32-19-12-10-18(26)11-13-19/h2-13H,14-15H2,1H3,(H,27,29)(H,28,30). The fraction of sp³-hybridized carbons (Fsp3) is 0.120. The molecular weight excluding hydrogens is 444 g/mol. The molecule has 7 heteroatoms. The van der Waals surface area contributed by atoms with Gasteiger partial charge in [-0.15, -0.1) is 11.8 Å². The SMILES string of the molecule is CNC(=O)c1ccc(CNC(=O)c2oc3ccccc3c2CSc2ccc(Cl)cc2)cc1. The first-order chi connectivity index (χ1) is 15.5. The van der Waals surface area contributed by atoms with E-state index in [0.29, 0.717) is 34.2 Å². The van der Waals surface area contributed by atoms with E-state index in [0.717, 1.165) is 21.4 Å². The largest absolute Gasteiger partial charge is 0.451 e. The average molecular weight is 465 g/mol. The maximum absolute atomic E-state index is 13.0. The van der Waals surface area contributed by atoms with Gasteiger partial charge in [-0.2, -0.15) is 0 Å². The van der Waals surface area contributed by atoms with E-state index in [2.05, 4.69) is 10.6 Å². The molecule has 2 N–H and O–H groups in total. The zero-order valence-electron chi connectivity index (χ0n) is 17.4. The molecule has 0 saturated carbocycles. The maximum Gasteiger partial charge on any atom is 0.287 e. The van der Waals surface area contributed by atoms with Gasteiger partial charge in [0.05, 0.1) is 0 Å². The summed E-state index contributed by atoms with van der Waals surface area (Å²) >= 11 is 7.59. The first-order valence-corrected chi connectivity index (χ1v) is 11.4. The van der Waals surface area contributed by atoms with Gasteiger partial charge in [-0.1, -0.05) is 41.9 Å². The number of fused-ring (bicyclic) bond motifs is 1. The molecular formula is C25H21ClN2O3S. The molecule has 0 aliphatic carbocycles. The van der Waals surface area contributed by atoms with Crippen molar-refractivity contribution in [1.82, 2.24) is 10.6 Å². The van der Waals surface area contributed by atoms with Crippen molar-refractivity contribution in [2.24, 2.45) is 0 Å². The lowest BCUT2D eigenvalue weighted by Gasteiger charge is -2.07. The number of para-hydroxylation sites is 1. The second-order valence-corrected chi connectivity index (χ2v) is 8.59. The molecule has 2 amide bonds. The van der Waals surface area contributed by atoms with Gasteiger partial charge in [0.15, 0.2) is 5.76 Å². The Morgan fingerprint density at radius 3 is 2.38 bits per heavy atom. The minimum Gasteiger partial charge on any atom is -0.451 e. The molecule has 0 spiro atoms. The lowest BCUT2D eigenvalue weighted by atomic mass is 10.1. The molecule has 162 valence electrons. The number of amides is 2. The number of hydrogen-bond acceptors (Lipinski definition) is 4. The number of carbonyl (C=O) groups excluding carboxylic acids is 2. The summed E-state index contributed by atoms with van der Waals surface area (Å²) in [6.45, 7) is 0.327. The molecule has 1 aromatic heterocycles. The number of nitrogens with one attached hydrogen (secondary N) is 2. The van der Waals surface area contributed by atoms with Crippen LogP contribution >= 0.6 is 23.4 Å². The minimum absolute atomic E-state index is 0.148. The van der Waals surface area contributed by atoms with Crippen LogP contribution in [0.25, 0.3) is 11.0 Å². The molecule has 5 nitrogen and oxygen atoms in total. The summed E-state index contributed by atoms with van der Waals surface area (Å²) in [5.74, 6) is 0.478. The Labute approximate surface area is 195 Å². The van der Waals surface area contributed by atoms with Crippen LogP contribution in [0.4, 0.5) is 0 Å². The quantitative estimate of drug-likeness (QED) is 0.346. The highest BCUT2D eigenvalue weighted by Crippen LogP contribution is 2.32. The molecule has 0 atom stereocenters. The van der Waals surface area contributed by atoms with Crippen molar-refractivity contribution in [2.75, 3.05) is 7.05 Å². The number of furan rings is 1. The fourth-order valence-corrected chi connectivity index (χ4v) is 4.34. The monoisotopic (exact) mass is 464 g/mol. The van der Waals surface area contributed by atoms with Gasteiger partial charge < -0.3 is 15.1 Å². The number of hydrogen-bond donors (Lipinski definition) is 2. The smallest absolute Gasteiger partial charge is 0.287 e. The first kappa shape index (κ1) is 22.0.